The van der Waals surface area contributed by atoms with Crippen LogP contribution in [0, 0.1) is 15.3 Å². The van der Waals surface area contributed by atoms with Gasteiger partial charge in [-0.25, -0.2) is 4.98 Å². The third kappa shape index (κ3) is 1.84. The Morgan fingerprint density at radius 1 is 1.44 bits per heavy atom. The number of aromatic nitrogens is 3. The molecule has 4 nitrogen and oxygen atoms in total. The van der Waals surface area contributed by atoms with Crippen molar-refractivity contribution in [3.05, 3.63) is 9.52 Å². The molecule has 2 aromatic rings. The summed E-state index contributed by atoms with van der Waals surface area (Å²) in [6.45, 7) is 0. The normalized spacial score (nSPS) is 10.6. The van der Waals surface area contributed by atoms with Crippen molar-refractivity contribution >= 4 is 52.7 Å². The van der Waals surface area contributed by atoms with Crippen molar-refractivity contribution in [3.63, 3.8) is 0 Å². The zero-order chi connectivity index (χ0) is 11.7. The van der Waals surface area contributed by atoms with E-state index in [0.29, 0.717) is 20.2 Å². The van der Waals surface area contributed by atoms with Gasteiger partial charge in [0.15, 0.2) is 13.9 Å². The van der Waals surface area contributed by atoms with E-state index in [9.17, 15) is 0 Å². The fourth-order valence-corrected chi connectivity index (χ4v) is 3.45. The molecular formula is C8H6N4S4. The summed E-state index contributed by atoms with van der Waals surface area (Å²) in [5.74, 6) is 0. The molecule has 0 aliphatic heterocycles. The van der Waals surface area contributed by atoms with Gasteiger partial charge in [-0.15, -0.1) is 11.8 Å². The van der Waals surface area contributed by atoms with Gasteiger partial charge < -0.3 is 0 Å². The molecule has 8 heteroatoms. The maximum atomic E-state index is 9.10. The summed E-state index contributed by atoms with van der Waals surface area (Å²) < 4.78 is 3.03. The molecule has 82 valence electrons. The monoisotopic (exact) mass is 286 g/mol. The highest BCUT2D eigenvalue weighted by molar-refractivity contribution is 8.00. The van der Waals surface area contributed by atoms with Crippen molar-refractivity contribution in [3.8, 4) is 6.07 Å². The van der Waals surface area contributed by atoms with Crippen molar-refractivity contribution < 1.29 is 0 Å². The molecule has 0 radical (unpaired) electrons. The van der Waals surface area contributed by atoms with Crippen LogP contribution >= 0.6 is 47.1 Å². The quantitative estimate of drug-likeness (QED) is 0.625. The lowest BCUT2D eigenvalue weighted by Gasteiger charge is -1.95. The predicted octanol–water partition coefficient (Wildman–Crippen LogP) is 2.84. The van der Waals surface area contributed by atoms with Crippen LogP contribution < -0.4 is 0 Å². The van der Waals surface area contributed by atoms with Crippen LogP contribution in [-0.4, -0.2) is 27.1 Å². The smallest absolute Gasteiger partial charge is 0.186 e. The van der Waals surface area contributed by atoms with Gasteiger partial charge in [0.1, 0.15) is 16.7 Å². The summed E-state index contributed by atoms with van der Waals surface area (Å²) in [7, 11) is 0. The SMILES string of the molecule is CSc1nc2c(C#N)c(SC)nn2c(=S)s1. The summed E-state index contributed by atoms with van der Waals surface area (Å²) in [4.78, 5) is 4.37. The molecule has 0 saturated heterocycles. The summed E-state index contributed by atoms with van der Waals surface area (Å²) in [6.07, 6.45) is 3.81. The van der Waals surface area contributed by atoms with E-state index >= 15 is 0 Å². The van der Waals surface area contributed by atoms with Gasteiger partial charge in [0.2, 0.25) is 0 Å². The third-order valence-corrected chi connectivity index (χ3v) is 4.75. The van der Waals surface area contributed by atoms with Crippen LogP contribution in [0.1, 0.15) is 5.56 Å². The van der Waals surface area contributed by atoms with Gasteiger partial charge in [-0.3, -0.25) is 0 Å². The Labute approximate surface area is 110 Å². The van der Waals surface area contributed by atoms with E-state index in [1.165, 1.54) is 34.9 Å². The standard InChI is InChI=1S/C8H6N4S4/c1-14-6-4(3-9)5-10-7(15-2)16-8(13)12(5)11-6/h1-2H3. The molecule has 0 amide bonds. The molecule has 2 aromatic heterocycles. The minimum atomic E-state index is 0.502. The summed E-state index contributed by atoms with van der Waals surface area (Å²) in [5, 5.41) is 14.0. The number of hydrogen-bond donors (Lipinski definition) is 0. The molecular weight excluding hydrogens is 280 g/mol. The fraction of sp³-hybridized carbons (Fsp3) is 0.250. The van der Waals surface area contributed by atoms with E-state index in [1.807, 2.05) is 12.5 Å². The lowest BCUT2D eigenvalue weighted by molar-refractivity contribution is 0.887. The van der Waals surface area contributed by atoms with Gasteiger partial charge in [-0.05, 0) is 24.7 Å². The van der Waals surface area contributed by atoms with Gasteiger partial charge in [0.25, 0.3) is 0 Å². The van der Waals surface area contributed by atoms with Crippen LogP contribution in [0.2, 0.25) is 0 Å². The molecule has 16 heavy (non-hydrogen) atoms. The van der Waals surface area contributed by atoms with Gasteiger partial charge in [-0.2, -0.15) is 14.9 Å². The zero-order valence-corrected chi connectivity index (χ0v) is 11.7. The highest BCUT2D eigenvalue weighted by Crippen LogP contribution is 2.26. The van der Waals surface area contributed by atoms with Gasteiger partial charge in [0, 0.05) is 0 Å². The molecule has 2 heterocycles. The second-order valence-corrected chi connectivity index (χ2v) is 6.15. The lowest BCUT2D eigenvalue weighted by atomic mass is 10.4. The van der Waals surface area contributed by atoms with Crippen LogP contribution in [0.3, 0.4) is 0 Å². The number of nitrogens with zero attached hydrogens (tertiary/aromatic N) is 4. The number of hydrogen-bond acceptors (Lipinski definition) is 7. The Morgan fingerprint density at radius 3 is 2.75 bits per heavy atom. The molecule has 0 bridgehead atoms. The largest absolute Gasteiger partial charge is 0.210 e. The van der Waals surface area contributed by atoms with Crippen molar-refractivity contribution in [2.24, 2.45) is 0 Å². The molecule has 0 atom stereocenters. The maximum Gasteiger partial charge on any atom is 0.186 e. The second kappa shape index (κ2) is 4.71. The fourth-order valence-electron chi connectivity index (χ4n) is 1.18. The number of thioether (sulfide) groups is 2. The van der Waals surface area contributed by atoms with Crippen LogP contribution in [0.25, 0.3) is 5.65 Å². The van der Waals surface area contributed by atoms with Gasteiger partial charge in [-0.1, -0.05) is 23.1 Å². The maximum absolute atomic E-state index is 9.10. The second-order valence-electron chi connectivity index (χ2n) is 2.68. The van der Waals surface area contributed by atoms with E-state index in [0.717, 1.165) is 4.34 Å². The van der Waals surface area contributed by atoms with Crippen molar-refractivity contribution in [1.29, 1.82) is 5.26 Å². The van der Waals surface area contributed by atoms with E-state index < -0.39 is 0 Å². The van der Waals surface area contributed by atoms with Crippen molar-refractivity contribution in [2.75, 3.05) is 12.5 Å². The minimum Gasteiger partial charge on any atom is -0.210 e. The van der Waals surface area contributed by atoms with Crippen molar-refractivity contribution in [1.82, 2.24) is 14.6 Å². The first-order chi connectivity index (χ1) is 7.71. The molecule has 0 fully saturated rings. The number of rotatable bonds is 2. The first-order valence-corrected chi connectivity index (χ1v) is 7.80. The molecule has 0 N–H and O–H groups in total. The molecule has 0 unspecified atom stereocenters. The molecule has 0 aromatic carbocycles. The zero-order valence-electron chi connectivity index (χ0n) is 8.42. The number of fused-ring (bicyclic) bond motifs is 1. The Hall–Kier alpha value is -0.620. The van der Waals surface area contributed by atoms with Crippen LogP contribution in [0.4, 0.5) is 0 Å². The summed E-state index contributed by atoms with van der Waals surface area (Å²) >= 11 is 9.56. The highest BCUT2D eigenvalue weighted by atomic mass is 32.2. The van der Waals surface area contributed by atoms with Gasteiger partial charge >= 0.3 is 0 Å². The Balaban J connectivity index is 2.89. The summed E-state index contributed by atoms with van der Waals surface area (Å²) in [5.41, 5.74) is 1.06. The lowest BCUT2D eigenvalue weighted by Crippen LogP contribution is -1.91. The van der Waals surface area contributed by atoms with Crippen LogP contribution in [0.5, 0.6) is 0 Å². The first kappa shape index (κ1) is 11.9. The topological polar surface area (TPSA) is 54.0 Å². The van der Waals surface area contributed by atoms with E-state index in [-0.39, 0.29) is 0 Å². The Morgan fingerprint density at radius 2 is 2.19 bits per heavy atom. The van der Waals surface area contributed by atoms with Crippen LogP contribution in [0.15, 0.2) is 9.37 Å². The number of nitriles is 1. The molecule has 0 aliphatic carbocycles. The first-order valence-electron chi connectivity index (χ1n) is 4.13. The highest BCUT2D eigenvalue weighted by Gasteiger charge is 2.14. The predicted molar refractivity (Wildman–Crippen MR) is 70.0 cm³/mol. The van der Waals surface area contributed by atoms with E-state index in [4.69, 9.17) is 17.5 Å². The average molecular weight is 286 g/mol. The van der Waals surface area contributed by atoms with Gasteiger partial charge in [0.05, 0.1) is 0 Å². The summed E-state index contributed by atoms with van der Waals surface area (Å²) in [6, 6.07) is 2.13. The Kier molecular flexibility index (Phi) is 3.49. The minimum absolute atomic E-state index is 0.502. The van der Waals surface area contributed by atoms with E-state index in [2.05, 4.69) is 16.2 Å². The van der Waals surface area contributed by atoms with E-state index in [1.54, 1.807) is 4.52 Å². The molecule has 2 rings (SSSR count). The Bertz CT molecular complexity index is 636. The molecule has 0 spiro atoms. The molecule has 0 saturated carbocycles. The average Bonchev–Trinajstić information content (AvgIpc) is 2.66. The van der Waals surface area contributed by atoms with Crippen molar-refractivity contribution in [2.45, 2.75) is 9.37 Å². The third-order valence-electron chi connectivity index (χ3n) is 1.85. The van der Waals surface area contributed by atoms with Crippen LogP contribution in [-0.2, 0) is 0 Å². The molecule has 0 aliphatic rings.